The van der Waals surface area contributed by atoms with Crippen LogP contribution in [-0.2, 0) is 6.42 Å². The van der Waals surface area contributed by atoms with Crippen molar-refractivity contribution in [1.29, 1.82) is 5.26 Å². The molecular formula is C16H15N5. The van der Waals surface area contributed by atoms with E-state index in [4.69, 9.17) is 11.0 Å². The molecule has 0 aliphatic carbocycles. The van der Waals surface area contributed by atoms with Crippen molar-refractivity contribution in [2.45, 2.75) is 19.4 Å². The maximum atomic E-state index is 8.99. The van der Waals surface area contributed by atoms with Gasteiger partial charge in [0, 0.05) is 12.2 Å². The summed E-state index contributed by atoms with van der Waals surface area (Å²) in [5.41, 5.74) is 8.64. The predicted octanol–water partition coefficient (Wildman–Crippen LogP) is 2.51. The van der Waals surface area contributed by atoms with E-state index in [0.29, 0.717) is 5.82 Å². The average Bonchev–Trinajstić information content (AvgIpc) is 2.85. The van der Waals surface area contributed by atoms with E-state index in [2.05, 4.69) is 16.0 Å². The molecule has 0 radical (unpaired) electrons. The minimum atomic E-state index is -0.0512. The molecule has 1 atom stereocenters. The molecule has 0 aliphatic rings. The van der Waals surface area contributed by atoms with Gasteiger partial charge in [-0.3, -0.25) is 4.57 Å². The van der Waals surface area contributed by atoms with Gasteiger partial charge in [0.15, 0.2) is 0 Å². The van der Waals surface area contributed by atoms with Crippen LogP contribution in [0.25, 0.3) is 16.9 Å². The lowest BCUT2D eigenvalue weighted by atomic mass is 10.1. The molecule has 2 aromatic heterocycles. The highest BCUT2D eigenvalue weighted by Gasteiger charge is 2.13. The molecule has 5 heteroatoms. The molecule has 0 saturated heterocycles. The fourth-order valence-electron chi connectivity index (χ4n) is 2.32. The van der Waals surface area contributed by atoms with Crippen LogP contribution in [0.5, 0.6) is 0 Å². The lowest BCUT2D eigenvalue weighted by Crippen LogP contribution is -2.07. The highest BCUT2D eigenvalue weighted by Crippen LogP contribution is 2.21. The van der Waals surface area contributed by atoms with Crippen molar-refractivity contribution >= 4 is 11.0 Å². The fourth-order valence-corrected chi connectivity index (χ4v) is 2.32. The van der Waals surface area contributed by atoms with Gasteiger partial charge < -0.3 is 5.73 Å². The molecule has 0 spiro atoms. The second-order valence-electron chi connectivity index (χ2n) is 4.93. The number of hydrogen-bond acceptors (Lipinski definition) is 4. The Balaban J connectivity index is 2.18. The molecule has 21 heavy (non-hydrogen) atoms. The van der Waals surface area contributed by atoms with Crippen molar-refractivity contribution in [1.82, 2.24) is 14.5 Å². The van der Waals surface area contributed by atoms with Crippen LogP contribution >= 0.6 is 0 Å². The molecule has 0 fully saturated rings. The largest absolute Gasteiger partial charge is 0.324 e. The zero-order valence-corrected chi connectivity index (χ0v) is 11.7. The number of nitrogens with two attached hydrogens (primary N) is 1. The molecule has 0 saturated carbocycles. The molecule has 2 N–H and O–H groups in total. The maximum absolute atomic E-state index is 8.99. The summed E-state index contributed by atoms with van der Waals surface area (Å²) in [6.07, 6.45) is 2.01. The van der Waals surface area contributed by atoms with Crippen molar-refractivity contribution in [3.8, 4) is 11.9 Å². The number of para-hydroxylation sites is 2. The predicted molar refractivity (Wildman–Crippen MR) is 80.8 cm³/mol. The zero-order valence-electron chi connectivity index (χ0n) is 11.7. The Hall–Kier alpha value is -2.71. The van der Waals surface area contributed by atoms with E-state index in [1.165, 1.54) is 0 Å². The summed E-state index contributed by atoms with van der Waals surface area (Å²) in [4.78, 5) is 8.98. The first-order chi connectivity index (χ1) is 10.2. The first-order valence-corrected chi connectivity index (χ1v) is 6.76. The molecule has 0 aliphatic heterocycles. The van der Waals surface area contributed by atoms with Gasteiger partial charge in [-0.25, -0.2) is 9.97 Å². The van der Waals surface area contributed by atoms with E-state index in [0.717, 1.165) is 22.4 Å². The SMILES string of the molecule is C[C@@H](N)c1ccc(-n2c(CC#N)nc3ccccc32)nc1. The van der Waals surface area contributed by atoms with E-state index in [1.807, 2.05) is 47.9 Å². The molecule has 5 nitrogen and oxygen atoms in total. The van der Waals surface area contributed by atoms with Crippen molar-refractivity contribution in [2.75, 3.05) is 0 Å². The first-order valence-electron chi connectivity index (χ1n) is 6.76. The number of nitrogens with zero attached hydrogens (tertiary/aromatic N) is 4. The van der Waals surface area contributed by atoms with E-state index in [1.54, 1.807) is 6.20 Å². The molecule has 3 aromatic rings. The van der Waals surface area contributed by atoms with Crippen LogP contribution < -0.4 is 5.73 Å². The Labute approximate surface area is 122 Å². The van der Waals surface area contributed by atoms with Crippen molar-refractivity contribution in [3.63, 3.8) is 0 Å². The lowest BCUT2D eigenvalue weighted by molar-refractivity contribution is 0.807. The molecule has 0 bridgehead atoms. The Morgan fingerprint density at radius 1 is 1.29 bits per heavy atom. The molecule has 1 aromatic carbocycles. The first kappa shape index (κ1) is 13.3. The van der Waals surface area contributed by atoms with Gasteiger partial charge >= 0.3 is 0 Å². The second kappa shape index (κ2) is 5.35. The number of nitriles is 1. The topological polar surface area (TPSA) is 80.5 Å². The van der Waals surface area contributed by atoms with E-state index in [-0.39, 0.29) is 12.5 Å². The third kappa shape index (κ3) is 2.37. The lowest BCUT2D eigenvalue weighted by Gasteiger charge is -2.09. The second-order valence-corrected chi connectivity index (χ2v) is 4.93. The van der Waals surface area contributed by atoms with Crippen molar-refractivity contribution in [2.24, 2.45) is 5.73 Å². The van der Waals surface area contributed by atoms with E-state index >= 15 is 0 Å². The van der Waals surface area contributed by atoms with Gasteiger partial charge in [0.25, 0.3) is 0 Å². The van der Waals surface area contributed by atoms with Crippen LogP contribution in [-0.4, -0.2) is 14.5 Å². The number of fused-ring (bicyclic) bond motifs is 1. The summed E-state index contributed by atoms with van der Waals surface area (Å²) in [5.74, 6) is 1.44. The molecule has 0 amide bonds. The third-order valence-corrected chi connectivity index (χ3v) is 3.39. The van der Waals surface area contributed by atoms with Crippen molar-refractivity contribution in [3.05, 3.63) is 54.0 Å². The quantitative estimate of drug-likeness (QED) is 0.797. The van der Waals surface area contributed by atoms with Crippen LogP contribution in [0, 0.1) is 11.3 Å². The molecule has 2 heterocycles. The summed E-state index contributed by atoms with van der Waals surface area (Å²) in [7, 11) is 0. The number of imidazole rings is 1. The van der Waals surface area contributed by atoms with Gasteiger partial charge in [0.05, 0.1) is 23.5 Å². The highest BCUT2D eigenvalue weighted by atomic mass is 15.1. The number of rotatable bonds is 3. The summed E-state index contributed by atoms with van der Waals surface area (Å²) in [6.45, 7) is 1.92. The number of hydrogen-bond donors (Lipinski definition) is 1. The highest BCUT2D eigenvalue weighted by molar-refractivity contribution is 5.77. The van der Waals surface area contributed by atoms with Crippen LogP contribution in [0.2, 0.25) is 0 Å². The zero-order chi connectivity index (χ0) is 14.8. The van der Waals surface area contributed by atoms with Gasteiger partial charge in [0.1, 0.15) is 11.6 Å². The minimum absolute atomic E-state index is 0.0512. The Bertz CT molecular complexity index is 809. The van der Waals surface area contributed by atoms with Gasteiger partial charge in [-0.1, -0.05) is 18.2 Å². The minimum Gasteiger partial charge on any atom is -0.324 e. The normalized spacial score (nSPS) is 12.2. The summed E-state index contributed by atoms with van der Waals surface area (Å²) >= 11 is 0. The summed E-state index contributed by atoms with van der Waals surface area (Å²) < 4.78 is 1.92. The van der Waals surface area contributed by atoms with Crippen LogP contribution in [0.3, 0.4) is 0 Å². The summed E-state index contributed by atoms with van der Waals surface area (Å²) in [6, 6.07) is 13.8. The van der Waals surface area contributed by atoms with Gasteiger partial charge in [0.2, 0.25) is 0 Å². The van der Waals surface area contributed by atoms with Crippen LogP contribution in [0.1, 0.15) is 24.4 Å². The Morgan fingerprint density at radius 3 is 2.76 bits per heavy atom. The molecular weight excluding hydrogens is 262 g/mol. The van der Waals surface area contributed by atoms with Crippen molar-refractivity contribution < 1.29 is 0 Å². The van der Waals surface area contributed by atoms with E-state index in [9.17, 15) is 0 Å². The maximum Gasteiger partial charge on any atom is 0.138 e. The third-order valence-electron chi connectivity index (χ3n) is 3.39. The molecule has 104 valence electrons. The van der Waals surface area contributed by atoms with Crippen LogP contribution in [0.15, 0.2) is 42.6 Å². The van der Waals surface area contributed by atoms with E-state index < -0.39 is 0 Å². The Morgan fingerprint density at radius 2 is 2.10 bits per heavy atom. The van der Waals surface area contributed by atoms with Gasteiger partial charge in [-0.15, -0.1) is 0 Å². The fraction of sp³-hybridized carbons (Fsp3) is 0.188. The standard InChI is InChI=1S/C16H15N5/c1-11(18)12-6-7-15(19-10-12)21-14-5-3-2-4-13(14)20-16(21)8-9-17/h2-7,10-11H,8,18H2,1H3/t11-/m1/s1. The molecule has 0 unspecified atom stereocenters. The smallest absolute Gasteiger partial charge is 0.138 e. The van der Waals surface area contributed by atoms with Gasteiger partial charge in [-0.2, -0.15) is 5.26 Å². The summed E-state index contributed by atoms with van der Waals surface area (Å²) in [5, 5.41) is 8.99. The number of aromatic nitrogens is 3. The van der Waals surface area contributed by atoms with Crippen LogP contribution in [0.4, 0.5) is 0 Å². The average molecular weight is 277 g/mol. The Kier molecular flexibility index (Phi) is 3.38. The monoisotopic (exact) mass is 277 g/mol. The van der Waals surface area contributed by atoms with Gasteiger partial charge in [-0.05, 0) is 30.7 Å². The number of benzene rings is 1. The molecule has 3 rings (SSSR count). The number of pyridine rings is 1.